The molecule has 0 bridgehead atoms. The monoisotopic (exact) mass is 293 g/mol. The van der Waals surface area contributed by atoms with Crippen LogP contribution in [0.3, 0.4) is 0 Å². The zero-order chi connectivity index (χ0) is 15.2. The molecule has 1 aliphatic heterocycles. The van der Waals surface area contributed by atoms with Crippen LogP contribution in [0.4, 0.5) is 0 Å². The Kier molecular flexibility index (Phi) is 5.44. The third-order valence-corrected chi connectivity index (χ3v) is 3.97. The number of benzene rings is 1. The Balaban J connectivity index is 2.38. The highest BCUT2D eigenvalue weighted by Gasteiger charge is 2.30. The normalized spacial score (nSPS) is 17.8. The number of carbonyl (C=O) groups is 1. The minimum absolute atomic E-state index is 0.590. The number of hydrogen-bond acceptors (Lipinski definition) is 4. The number of carboxylic acid groups (broad SMARTS) is 1. The van der Waals surface area contributed by atoms with Gasteiger partial charge >= 0.3 is 5.97 Å². The van der Waals surface area contributed by atoms with Crippen LogP contribution in [0.1, 0.15) is 37.3 Å². The van der Waals surface area contributed by atoms with Gasteiger partial charge in [0.05, 0.1) is 14.2 Å². The van der Waals surface area contributed by atoms with Crippen LogP contribution >= 0.6 is 0 Å². The molecule has 0 saturated carbocycles. The molecule has 1 aromatic rings. The molecule has 1 fully saturated rings. The third kappa shape index (κ3) is 3.67. The van der Waals surface area contributed by atoms with Crippen molar-refractivity contribution in [2.24, 2.45) is 0 Å². The number of rotatable bonds is 5. The predicted octanol–water partition coefficient (Wildman–Crippen LogP) is 2.71. The fraction of sp³-hybridized carbons (Fsp3) is 0.562. The van der Waals surface area contributed by atoms with E-state index in [-0.39, 0.29) is 0 Å². The van der Waals surface area contributed by atoms with Crippen molar-refractivity contribution in [2.75, 3.05) is 27.3 Å². The zero-order valence-electron chi connectivity index (χ0n) is 12.7. The van der Waals surface area contributed by atoms with E-state index >= 15 is 0 Å². The summed E-state index contributed by atoms with van der Waals surface area (Å²) in [6.07, 6.45) is 4.41. The van der Waals surface area contributed by atoms with Gasteiger partial charge < -0.3 is 14.6 Å². The number of nitrogens with zero attached hydrogens (tertiary/aromatic N) is 1. The summed E-state index contributed by atoms with van der Waals surface area (Å²) >= 11 is 0. The molecule has 0 amide bonds. The minimum atomic E-state index is -0.844. The van der Waals surface area contributed by atoms with Crippen molar-refractivity contribution in [3.63, 3.8) is 0 Å². The summed E-state index contributed by atoms with van der Waals surface area (Å²) in [7, 11) is 3.14. The number of carboxylic acids is 1. The van der Waals surface area contributed by atoms with Crippen LogP contribution in [0, 0.1) is 0 Å². The smallest absolute Gasteiger partial charge is 0.325 e. The molecule has 5 nitrogen and oxygen atoms in total. The van der Waals surface area contributed by atoms with Crippen LogP contribution in [-0.2, 0) is 4.79 Å². The van der Waals surface area contributed by atoms with Crippen LogP contribution in [0.5, 0.6) is 11.5 Å². The lowest BCUT2D eigenvalue weighted by Crippen LogP contribution is -2.35. The largest absolute Gasteiger partial charge is 0.497 e. The van der Waals surface area contributed by atoms with E-state index in [4.69, 9.17) is 9.47 Å². The molecule has 1 aliphatic rings. The van der Waals surface area contributed by atoms with E-state index in [1.807, 2.05) is 4.90 Å². The van der Waals surface area contributed by atoms with Gasteiger partial charge in [0.2, 0.25) is 0 Å². The van der Waals surface area contributed by atoms with Crippen LogP contribution in [0.25, 0.3) is 0 Å². The fourth-order valence-corrected chi connectivity index (χ4v) is 2.89. The maximum atomic E-state index is 11.8. The summed E-state index contributed by atoms with van der Waals surface area (Å²) < 4.78 is 10.6. The number of likely N-dealkylation sites (tertiary alicyclic amines) is 1. The molecule has 1 saturated heterocycles. The summed E-state index contributed by atoms with van der Waals surface area (Å²) in [5.41, 5.74) is 0.659. The van der Waals surface area contributed by atoms with Crippen molar-refractivity contribution in [1.82, 2.24) is 4.90 Å². The average Bonchev–Trinajstić information content (AvgIpc) is 2.76. The number of methoxy groups -OCH3 is 2. The molecule has 0 unspecified atom stereocenters. The fourth-order valence-electron chi connectivity index (χ4n) is 2.89. The second-order valence-electron chi connectivity index (χ2n) is 5.30. The van der Waals surface area contributed by atoms with Gasteiger partial charge in [-0.15, -0.1) is 0 Å². The molecule has 2 rings (SSSR count). The van der Waals surface area contributed by atoms with Gasteiger partial charge in [-0.2, -0.15) is 0 Å². The van der Waals surface area contributed by atoms with Crippen LogP contribution in [-0.4, -0.2) is 43.3 Å². The Bertz CT molecular complexity index is 481. The maximum Gasteiger partial charge on any atom is 0.325 e. The van der Waals surface area contributed by atoms with E-state index in [0.29, 0.717) is 17.1 Å². The molecule has 1 heterocycles. The van der Waals surface area contributed by atoms with Gasteiger partial charge in [-0.1, -0.05) is 12.8 Å². The Morgan fingerprint density at radius 3 is 2.33 bits per heavy atom. The van der Waals surface area contributed by atoms with E-state index in [9.17, 15) is 9.90 Å². The summed E-state index contributed by atoms with van der Waals surface area (Å²) in [6.45, 7) is 1.61. The zero-order valence-corrected chi connectivity index (χ0v) is 12.7. The number of hydrogen-bond donors (Lipinski definition) is 1. The number of ether oxygens (including phenoxy) is 2. The molecular formula is C16H23NO4. The molecule has 0 radical (unpaired) electrons. The quantitative estimate of drug-likeness (QED) is 0.904. The van der Waals surface area contributed by atoms with E-state index < -0.39 is 12.0 Å². The molecular weight excluding hydrogens is 270 g/mol. The first kappa shape index (κ1) is 15.6. The topological polar surface area (TPSA) is 59.0 Å². The Morgan fingerprint density at radius 2 is 1.81 bits per heavy atom. The highest BCUT2D eigenvalue weighted by molar-refractivity contribution is 5.77. The summed E-state index contributed by atoms with van der Waals surface area (Å²) in [6, 6.07) is 4.63. The van der Waals surface area contributed by atoms with Gasteiger partial charge in [0.25, 0.3) is 0 Å². The predicted molar refractivity (Wildman–Crippen MR) is 80.0 cm³/mol. The molecule has 5 heteroatoms. The van der Waals surface area contributed by atoms with Gasteiger partial charge in [-0.25, -0.2) is 0 Å². The lowest BCUT2D eigenvalue weighted by Gasteiger charge is -2.28. The van der Waals surface area contributed by atoms with Crippen LogP contribution in [0.15, 0.2) is 18.2 Å². The van der Waals surface area contributed by atoms with Crippen molar-refractivity contribution in [3.05, 3.63) is 23.8 Å². The lowest BCUT2D eigenvalue weighted by atomic mass is 10.0. The Morgan fingerprint density at radius 1 is 1.14 bits per heavy atom. The molecule has 21 heavy (non-hydrogen) atoms. The van der Waals surface area contributed by atoms with E-state index in [0.717, 1.165) is 38.8 Å². The molecule has 1 aromatic carbocycles. The number of aliphatic carboxylic acids is 1. The summed E-state index contributed by atoms with van der Waals surface area (Å²) in [5, 5.41) is 9.72. The SMILES string of the molecule is COc1ccc(OC)c([C@@H](C(=O)O)N2CCCCCC2)c1. The van der Waals surface area contributed by atoms with Gasteiger partial charge in [0, 0.05) is 5.56 Å². The van der Waals surface area contributed by atoms with Gasteiger partial charge in [0.1, 0.15) is 17.5 Å². The second-order valence-corrected chi connectivity index (χ2v) is 5.30. The van der Waals surface area contributed by atoms with Gasteiger partial charge in [0.15, 0.2) is 0 Å². The first-order chi connectivity index (χ1) is 10.2. The van der Waals surface area contributed by atoms with Crippen molar-refractivity contribution < 1.29 is 19.4 Å². The van der Waals surface area contributed by atoms with Crippen molar-refractivity contribution in [3.8, 4) is 11.5 Å². The standard InChI is InChI=1S/C16H23NO4/c1-20-12-7-8-14(21-2)13(11-12)15(16(18)19)17-9-5-3-4-6-10-17/h7-8,11,15H,3-6,9-10H2,1-2H3,(H,18,19)/t15-/m0/s1. The lowest BCUT2D eigenvalue weighted by molar-refractivity contribution is -0.143. The Labute approximate surface area is 125 Å². The van der Waals surface area contributed by atoms with Crippen molar-refractivity contribution in [2.45, 2.75) is 31.7 Å². The highest BCUT2D eigenvalue weighted by atomic mass is 16.5. The molecule has 1 atom stereocenters. The molecule has 0 spiro atoms. The Hall–Kier alpha value is -1.75. The third-order valence-electron chi connectivity index (χ3n) is 3.97. The molecule has 116 valence electrons. The summed E-state index contributed by atoms with van der Waals surface area (Å²) in [5.74, 6) is 0.391. The minimum Gasteiger partial charge on any atom is -0.497 e. The van der Waals surface area contributed by atoms with E-state index in [1.54, 1.807) is 32.4 Å². The second kappa shape index (κ2) is 7.31. The average molecular weight is 293 g/mol. The van der Waals surface area contributed by atoms with Crippen LogP contribution < -0.4 is 9.47 Å². The molecule has 1 N–H and O–H groups in total. The van der Waals surface area contributed by atoms with Gasteiger partial charge in [-0.3, -0.25) is 9.69 Å². The van der Waals surface area contributed by atoms with Gasteiger partial charge in [-0.05, 0) is 44.1 Å². The first-order valence-electron chi connectivity index (χ1n) is 7.36. The van der Waals surface area contributed by atoms with E-state index in [1.165, 1.54) is 0 Å². The van der Waals surface area contributed by atoms with Crippen molar-refractivity contribution >= 4 is 5.97 Å². The van der Waals surface area contributed by atoms with E-state index in [2.05, 4.69) is 0 Å². The maximum absolute atomic E-state index is 11.8. The van der Waals surface area contributed by atoms with Crippen LogP contribution in [0.2, 0.25) is 0 Å². The molecule has 0 aliphatic carbocycles. The van der Waals surface area contributed by atoms with Crippen molar-refractivity contribution in [1.29, 1.82) is 0 Å². The first-order valence-corrected chi connectivity index (χ1v) is 7.36. The molecule has 0 aromatic heterocycles. The highest BCUT2D eigenvalue weighted by Crippen LogP contribution is 2.34. The summed E-state index contributed by atoms with van der Waals surface area (Å²) in [4.78, 5) is 13.9.